The normalized spacial score (nSPS) is 15.9. The first kappa shape index (κ1) is 21.4. The van der Waals surface area contributed by atoms with E-state index in [2.05, 4.69) is 22.4 Å². The highest BCUT2D eigenvalue weighted by Crippen LogP contribution is 2.29. The molecule has 3 aromatic rings. The fourth-order valence-electron chi connectivity index (χ4n) is 4.30. The molecule has 0 aliphatic carbocycles. The lowest BCUT2D eigenvalue weighted by Gasteiger charge is -2.35. The Hall–Kier alpha value is -2.79. The quantitative estimate of drug-likeness (QED) is 0.591. The Morgan fingerprint density at radius 2 is 1.77 bits per heavy atom. The van der Waals surface area contributed by atoms with Crippen molar-refractivity contribution in [3.63, 3.8) is 0 Å². The Morgan fingerprint density at radius 3 is 2.45 bits per heavy atom. The maximum absolute atomic E-state index is 13.3. The van der Waals surface area contributed by atoms with Crippen LogP contribution in [0.5, 0.6) is 0 Å². The predicted octanol–water partition coefficient (Wildman–Crippen LogP) is 4.98. The Kier molecular flexibility index (Phi) is 6.33. The number of rotatable bonds is 5. The molecule has 1 aromatic heterocycles. The third-order valence-electron chi connectivity index (χ3n) is 6.18. The van der Waals surface area contributed by atoms with Gasteiger partial charge in [-0.3, -0.25) is 9.59 Å². The van der Waals surface area contributed by atoms with Crippen molar-refractivity contribution in [2.75, 3.05) is 13.1 Å². The van der Waals surface area contributed by atoms with Gasteiger partial charge in [0.15, 0.2) is 0 Å². The molecule has 6 heteroatoms. The molecule has 31 heavy (non-hydrogen) atoms. The molecule has 1 atom stereocenters. The van der Waals surface area contributed by atoms with Crippen molar-refractivity contribution in [1.29, 1.82) is 0 Å². The van der Waals surface area contributed by atoms with E-state index in [0.29, 0.717) is 24.6 Å². The van der Waals surface area contributed by atoms with Crippen LogP contribution in [0.3, 0.4) is 0 Å². The van der Waals surface area contributed by atoms with Crippen LogP contribution in [0.25, 0.3) is 10.9 Å². The largest absolute Gasteiger partial charge is 0.361 e. The van der Waals surface area contributed by atoms with Gasteiger partial charge in [0, 0.05) is 40.8 Å². The zero-order valence-corrected chi connectivity index (χ0v) is 18.7. The first-order chi connectivity index (χ1) is 14.9. The number of hydrogen-bond acceptors (Lipinski definition) is 2. The molecule has 162 valence electrons. The lowest BCUT2D eigenvalue weighted by molar-refractivity contribution is -0.135. The second-order valence-corrected chi connectivity index (χ2v) is 9.06. The summed E-state index contributed by atoms with van der Waals surface area (Å²) in [5.41, 5.74) is 2.81. The van der Waals surface area contributed by atoms with Gasteiger partial charge in [-0.2, -0.15) is 0 Å². The van der Waals surface area contributed by atoms with Gasteiger partial charge in [0.1, 0.15) is 6.04 Å². The van der Waals surface area contributed by atoms with Crippen LogP contribution in [0.15, 0.2) is 54.7 Å². The van der Waals surface area contributed by atoms with Crippen LogP contribution < -0.4 is 5.32 Å². The number of halogens is 1. The molecule has 2 N–H and O–H groups in total. The Bertz CT molecular complexity index is 1070. The van der Waals surface area contributed by atoms with E-state index in [1.807, 2.05) is 55.3 Å². The zero-order chi connectivity index (χ0) is 22.0. The maximum Gasteiger partial charge on any atom is 0.251 e. The molecule has 1 saturated heterocycles. The van der Waals surface area contributed by atoms with E-state index in [1.54, 1.807) is 6.07 Å². The molecule has 1 aliphatic heterocycles. The van der Waals surface area contributed by atoms with E-state index in [-0.39, 0.29) is 17.7 Å². The minimum atomic E-state index is -0.540. The van der Waals surface area contributed by atoms with Gasteiger partial charge in [0.25, 0.3) is 5.91 Å². The predicted molar refractivity (Wildman–Crippen MR) is 124 cm³/mol. The van der Waals surface area contributed by atoms with Crippen LogP contribution in [0, 0.1) is 5.92 Å². The number of benzene rings is 2. The number of nitrogens with zero attached hydrogens (tertiary/aromatic N) is 1. The van der Waals surface area contributed by atoms with Crippen molar-refractivity contribution < 1.29 is 9.59 Å². The van der Waals surface area contributed by atoms with Crippen molar-refractivity contribution in [3.8, 4) is 0 Å². The molecule has 2 aromatic carbocycles. The van der Waals surface area contributed by atoms with Gasteiger partial charge < -0.3 is 15.2 Å². The average molecular weight is 438 g/mol. The third kappa shape index (κ3) is 4.77. The summed E-state index contributed by atoms with van der Waals surface area (Å²) in [7, 11) is 0. The number of fused-ring (bicyclic) bond motifs is 1. The van der Waals surface area contributed by atoms with E-state index in [4.69, 9.17) is 11.6 Å². The monoisotopic (exact) mass is 437 g/mol. The molecule has 5 nitrogen and oxygen atoms in total. The van der Waals surface area contributed by atoms with Gasteiger partial charge in [-0.1, -0.05) is 37.6 Å². The molecule has 0 unspecified atom stereocenters. The van der Waals surface area contributed by atoms with E-state index in [0.717, 1.165) is 28.8 Å². The molecule has 1 fully saturated rings. The van der Waals surface area contributed by atoms with Gasteiger partial charge in [-0.15, -0.1) is 0 Å². The highest BCUT2D eigenvalue weighted by Gasteiger charge is 2.31. The van der Waals surface area contributed by atoms with Gasteiger partial charge in [-0.25, -0.2) is 0 Å². The number of likely N-dealkylation sites (tertiary alicyclic amines) is 1. The highest BCUT2D eigenvalue weighted by atomic mass is 35.5. The molecule has 1 aliphatic rings. The summed E-state index contributed by atoms with van der Waals surface area (Å²) in [6.07, 6.45) is 3.67. The molecule has 0 radical (unpaired) electrons. The molecular weight excluding hydrogens is 410 g/mol. The molecule has 2 heterocycles. The lowest BCUT2D eigenvalue weighted by atomic mass is 9.89. The minimum Gasteiger partial charge on any atom is -0.361 e. The lowest BCUT2D eigenvalue weighted by Crippen LogP contribution is -2.52. The molecule has 0 saturated carbocycles. The van der Waals surface area contributed by atoms with Crippen LogP contribution in [0.4, 0.5) is 0 Å². The van der Waals surface area contributed by atoms with Gasteiger partial charge in [-0.05, 0) is 66.6 Å². The standard InChI is InChI=1S/C25H28ClN3O2/c1-16(2)23(28-24(30)20-5-8-22-19(15-20)9-12-27-22)25(31)29-13-10-18(11-14-29)17-3-6-21(26)7-4-17/h3-9,12,15-16,18,23,27H,10-11,13-14H2,1-2H3,(H,28,30)/t23-/m1/s1. The van der Waals surface area contributed by atoms with E-state index < -0.39 is 6.04 Å². The van der Waals surface area contributed by atoms with Crippen molar-refractivity contribution >= 4 is 34.3 Å². The number of nitrogens with one attached hydrogen (secondary N) is 2. The second-order valence-electron chi connectivity index (χ2n) is 8.63. The number of aromatic amines is 1. The summed E-state index contributed by atoms with van der Waals surface area (Å²) in [5, 5.41) is 4.70. The van der Waals surface area contributed by atoms with Crippen molar-refractivity contribution in [3.05, 3.63) is 70.9 Å². The van der Waals surface area contributed by atoms with E-state index in [1.165, 1.54) is 5.56 Å². The van der Waals surface area contributed by atoms with Crippen LogP contribution in [0.1, 0.15) is 48.5 Å². The number of amides is 2. The molecular formula is C25H28ClN3O2. The Morgan fingerprint density at radius 1 is 1.06 bits per heavy atom. The summed E-state index contributed by atoms with van der Waals surface area (Å²) >= 11 is 6.00. The van der Waals surface area contributed by atoms with E-state index in [9.17, 15) is 9.59 Å². The fraction of sp³-hybridized carbons (Fsp3) is 0.360. The zero-order valence-electron chi connectivity index (χ0n) is 17.9. The third-order valence-corrected chi connectivity index (χ3v) is 6.43. The Balaban J connectivity index is 1.40. The topological polar surface area (TPSA) is 65.2 Å². The van der Waals surface area contributed by atoms with E-state index >= 15 is 0 Å². The molecule has 0 bridgehead atoms. The van der Waals surface area contributed by atoms with Crippen molar-refractivity contribution in [2.24, 2.45) is 5.92 Å². The molecule has 4 rings (SSSR count). The summed E-state index contributed by atoms with van der Waals surface area (Å²) in [6.45, 7) is 5.33. The molecule has 2 amide bonds. The minimum absolute atomic E-state index is 0.000582. The first-order valence-corrected chi connectivity index (χ1v) is 11.2. The number of aromatic nitrogens is 1. The van der Waals surface area contributed by atoms with Gasteiger partial charge in [0.05, 0.1) is 0 Å². The molecule has 0 spiro atoms. The van der Waals surface area contributed by atoms with Crippen LogP contribution >= 0.6 is 11.6 Å². The number of hydrogen-bond donors (Lipinski definition) is 2. The Labute approximate surface area is 187 Å². The fourth-order valence-corrected chi connectivity index (χ4v) is 4.42. The van der Waals surface area contributed by atoms with Crippen molar-refractivity contribution in [2.45, 2.75) is 38.6 Å². The average Bonchev–Trinajstić information content (AvgIpc) is 3.25. The summed E-state index contributed by atoms with van der Waals surface area (Å²) < 4.78 is 0. The van der Waals surface area contributed by atoms with Gasteiger partial charge >= 0.3 is 0 Å². The number of carbonyl (C=O) groups excluding carboxylic acids is 2. The van der Waals surface area contributed by atoms with Crippen LogP contribution in [0.2, 0.25) is 5.02 Å². The van der Waals surface area contributed by atoms with Crippen LogP contribution in [-0.4, -0.2) is 40.8 Å². The smallest absolute Gasteiger partial charge is 0.251 e. The summed E-state index contributed by atoms with van der Waals surface area (Å²) in [4.78, 5) is 31.1. The summed E-state index contributed by atoms with van der Waals surface area (Å²) in [6, 6.07) is 14.9. The highest BCUT2D eigenvalue weighted by molar-refractivity contribution is 6.30. The van der Waals surface area contributed by atoms with Crippen molar-refractivity contribution in [1.82, 2.24) is 15.2 Å². The van der Waals surface area contributed by atoms with Crippen LogP contribution in [-0.2, 0) is 4.79 Å². The number of carbonyl (C=O) groups is 2. The summed E-state index contributed by atoms with van der Waals surface area (Å²) in [5.74, 6) is 0.217. The van der Waals surface area contributed by atoms with Gasteiger partial charge in [0.2, 0.25) is 5.91 Å². The number of H-pyrrole nitrogens is 1. The number of piperidine rings is 1. The second kappa shape index (κ2) is 9.15. The SMILES string of the molecule is CC(C)[C@@H](NC(=O)c1ccc2[nH]ccc2c1)C(=O)N1CCC(c2ccc(Cl)cc2)CC1. The maximum atomic E-state index is 13.3. The first-order valence-electron chi connectivity index (χ1n) is 10.8.